The van der Waals surface area contributed by atoms with Crippen molar-refractivity contribution < 1.29 is 4.79 Å². The Balaban J connectivity index is 1.95. The maximum absolute atomic E-state index is 12.4. The lowest BCUT2D eigenvalue weighted by molar-refractivity contribution is 0.0915. The van der Waals surface area contributed by atoms with Crippen molar-refractivity contribution in [2.75, 3.05) is 17.6 Å². The molecule has 1 amide bonds. The van der Waals surface area contributed by atoms with Crippen molar-refractivity contribution in [2.24, 2.45) is 11.8 Å². The number of nitrogen functional groups attached to an aromatic ring is 1. The normalized spacial score (nSPS) is 25.6. The van der Waals surface area contributed by atoms with Crippen LogP contribution in [0, 0.1) is 11.8 Å². The predicted molar refractivity (Wildman–Crippen MR) is 88.7 cm³/mol. The van der Waals surface area contributed by atoms with Gasteiger partial charge in [-0.15, -0.1) is 0 Å². The van der Waals surface area contributed by atoms with E-state index in [0.29, 0.717) is 16.6 Å². The van der Waals surface area contributed by atoms with Gasteiger partial charge in [-0.1, -0.05) is 32.1 Å². The van der Waals surface area contributed by atoms with Gasteiger partial charge in [0.2, 0.25) is 0 Å². The Morgan fingerprint density at radius 1 is 1.38 bits per heavy atom. The largest absolute Gasteiger partial charge is 0.382 e. The number of anilines is 2. The summed E-state index contributed by atoms with van der Waals surface area (Å²) >= 11 is 1.34. The van der Waals surface area contributed by atoms with Crippen LogP contribution >= 0.6 is 11.3 Å². The van der Waals surface area contributed by atoms with Crippen molar-refractivity contribution in [3.8, 4) is 0 Å². The van der Waals surface area contributed by atoms with E-state index in [1.54, 1.807) is 0 Å². The van der Waals surface area contributed by atoms with Gasteiger partial charge in [0.25, 0.3) is 5.91 Å². The predicted octanol–water partition coefficient (Wildman–Crippen LogP) is 3.10. The van der Waals surface area contributed by atoms with Gasteiger partial charge in [0.15, 0.2) is 5.13 Å². The second-order valence-electron chi connectivity index (χ2n) is 6.10. The molecule has 0 aliphatic heterocycles. The van der Waals surface area contributed by atoms with Crippen molar-refractivity contribution in [3.63, 3.8) is 0 Å². The highest BCUT2D eigenvalue weighted by molar-refractivity contribution is 7.18. The van der Waals surface area contributed by atoms with Crippen LogP contribution in [0.2, 0.25) is 0 Å². The number of carbonyl (C=O) groups excluding carboxylic acids is 1. The summed E-state index contributed by atoms with van der Waals surface area (Å²) in [6.45, 7) is 7.47. The highest BCUT2D eigenvalue weighted by Crippen LogP contribution is 2.30. The fraction of sp³-hybridized carbons (Fsp3) is 0.733. The van der Waals surface area contributed by atoms with E-state index in [4.69, 9.17) is 5.73 Å². The lowest BCUT2D eigenvalue weighted by Crippen LogP contribution is -2.39. The van der Waals surface area contributed by atoms with Crippen LogP contribution in [-0.4, -0.2) is 23.5 Å². The quantitative estimate of drug-likeness (QED) is 0.780. The lowest BCUT2D eigenvalue weighted by Gasteiger charge is -2.32. The molecule has 4 N–H and O–H groups in total. The van der Waals surface area contributed by atoms with Crippen LogP contribution in [0.5, 0.6) is 0 Å². The summed E-state index contributed by atoms with van der Waals surface area (Å²) in [4.78, 5) is 17.1. The molecule has 118 valence electrons. The van der Waals surface area contributed by atoms with E-state index in [9.17, 15) is 4.79 Å². The van der Waals surface area contributed by atoms with Crippen LogP contribution in [0.1, 0.15) is 56.1 Å². The molecule has 1 aromatic rings. The Hall–Kier alpha value is -1.30. The summed E-state index contributed by atoms with van der Waals surface area (Å²) in [5, 5.41) is 7.02. The molecule has 6 heteroatoms. The minimum absolute atomic E-state index is 0.0821. The molecule has 0 radical (unpaired) electrons. The lowest BCUT2D eigenvalue weighted by atomic mass is 9.79. The molecule has 2 rings (SSSR count). The van der Waals surface area contributed by atoms with Crippen LogP contribution in [0.3, 0.4) is 0 Å². The van der Waals surface area contributed by atoms with Crippen LogP contribution in [0.25, 0.3) is 0 Å². The first-order chi connectivity index (χ1) is 10.0. The van der Waals surface area contributed by atoms with Gasteiger partial charge in [0.1, 0.15) is 10.7 Å². The van der Waals surface area contributed by atoms with E-state index in [0.717, 1.165) is 36.9 Å². The molecule has 3 unspecified atom stereocenters. The maximum Gasteiger partial charge on any atom is 0.265 e. The van der Waals surface area contributed by atoms with E-state index >= 15 is 0 Å². The molecule has 3 atom stereocenters. The smallest absolute Gasteiger partial charge is 0.265 e. The van der Waals surface area contributed by atoms with Gasteiger partial charge in [0, 0.05) is 12.6 Å². The minimum atomic E-state index is -0.0821. The second kappa shape index (κ2) is 7.11. The molecule has 0 spiro atoms. The highest BCUT2D eigenvalue weighted by Gasteiger charge is 2.27. The molecule has 0 aromatic carbocycles. The van der Waals surface area contributed by atoms with Gasteiger partial charge in [-0.2, -0.15) is 0 Å². The van der Waals surface area contributed by atoms with E-state index in [-0.39, 0.29) is 11.9 Å². The molecule has 1 aliphatic rings. The molecule has 1 fully saturated rings. The van der Waals surface area contributed by atoms with Crippen molar-refractivity contribution in [3.05, 3.63) is 4.88 Å². The molecule has 1 heterocycles. The molecule has 1 saturated carbocycles. The zero-order chi connectivity index (χ0) is 15.4. The first-order valence-corrected chi connectivity index (χ1v) is 8.64. The highest BCUT2D eigenvalue weighted by atomic mass is 32.1. The monoisotopic (exact) mass is 310 g/mol. The van der Waals surface area contributed by atoms with E-state index in [1.807, 2.05) is 0 Å². The number of amides is 1. The first kappa shape index (κ1) is 16.1. The summed E-state index contributed by atoms with van der Waals surface area (Å²) < 4.78 is 0. The summed E-state index contributed by atoms with van der Waals surface area (Å²) in [5.41, 5.74) is 5.87. The molecule has 0 saturated heterocycles. The molecule has 1 aromatic heterocycles. The fourth-order valence-corrected chi connectivity index (χ4v) is 3.55. The molecular formula is C15H26N4OS. The van der Waals surface area contributed by atoms with Crippen molar-refractivity contribution in [1.29, 1.82) is 0 Å². The van der Waals surface area contributed by atoms with Gasteiger partial charge in [-0.05, 0) is 37.5 Å². The minimum Gasteiger partial charge on any atom is -0.382 e. The number of nitrogens with one attached hydrogen (secondary N) is 2. The van der Waals surface area contributed by atoms with Gasteiger partial charge >= 0.3 is 0 Å². The van der Waals surface area contributed by atoms with Gasteiger partial charge < -0.3 is 16.4 Å². The number of nitrogens with zero attached hydrogens (tertiary/aromatic N) is 1. The van der Waals surface area contributed by atoms with Gasteiger partial charge in [-0.3, -0.25) is 4.79 Å². The Morgan fingerprint density at radius 2 is 2.14 bits per heavy atom. The third-order valence-electron chi connectivity index (χ3n) is 4.32. The zero-order valence-electron chi connectivity index (χ0n) is 13.1. The van der Waals surface area contributed by atoms with Crippen molar-refractivity contribution in [2.45, 2.75) is 52.5 Å². The first-order valence-electron chi connectivity index (χ1n) is 7.82. The number of hydrogen-bond donors (Lipinski definition) is 3. The Labute approximate surface area is 130 Å². The van der Waals surface area contributed by atoms with Gasteiger partial charge in [0.05, 0.1) is 0 Å². The topological polar surface area (TPSA) is 80.0 Å². The van der Waals surface area contributed by atoms with Crippen LogP contribution in [0.15, 0.2) is 0 Å². The fourth-order valence-electron chi connectivity index (χ4n) is 2.73. The number of carbonyl (C=O) groups is 1. The van der Waals surface area contributed by atoms with Crippen LogP contribution in [0.4, 0.5) is 10.9 Å². The van der Waals surface area contributed by atoms with Crippen molar-refractivity contribution >= 4 is 28.2 Å². The number of hydrogen-bond acceptors (Lipinski definition) is 5. The Kier molecular flexibility index (Phi) is 5.45. The number of thiazole rings is 1. The molecule has 1 aliphatic carbocycles. The van der Waals surface area contributed by atoms with Crippen LogP contribution < -0.4 is 16.4 Å². The van der Waals surface area contributed by atoms with Crippen molar-refractivity contribution in [1.82, 2.24) is 10.3 Å². The number of rotatable bonds is 5. The third kappa shape index (κ3) is 4.09. The van der Waals surface area contributed by atoms with E-state index < -0.39 is 0 Å². The van der Waals surface area contributed by atoms with E-state index in [1.165, 1.54) is 17.8 Å². The number of nitrogens with two attached hydrogens (primary N) is 1. The molecule has 21 heavy (non-hydrogen) atoms. The maximum atomic E-state index is 12.4. The molecule has 0 bridgehead atoms. The van der Waals surface area contributed by atoms with E-state index in [2.05, 4.69) is 36.4 Å². The SMILES string of the molecule is CCCNc1nc(N)c(C(=O)NC2CCC(C)C(C)C2)s1. The number of aromatic nitrogens is 1. The second-order valence-corrected chi connectivity index (χ2v) is 7.10. The zero-order valence-corrected chi connectivity index (χ0v) is 13.9. The summed E-state index contributed by atoms with van der Waals surface area (Å²) in [5.74, 6) is 1.65. The summed E-state index contributed by atoms with van der Waals surface area (Å²) in [6, 6.07) is 0.261. The molecule has 5 nitrogen and oxygen atoms in total. The third-order valence-corrected chi connectivity index (χ3v) is 5.35. The standard InChI is InChI=1S/C15H26N4OS/c1-4-7-17-15-19-13(16)12(21-15)14(20)18-11-6-5-9(2)10(3)8-11/h9-11H,4-8,16H2,1-3H3,(H,17,19)(H,18,20). The average Bonchev–Trinajstić information content (AvgIpc) is 2.82. The van der Waals surface area contributed by atoms with Crippen LogP contribution in [-0.2, 0) is 0 Å². The Bertz CT molecular complexity index is 488. The summed E-state index contributed by atoms with van der Waals surface area (Å²) in [6.07, 6.45) is 4.29. The summed E-state index contributed by atoms with van der Waals surface area (Å²) in [7, 11) is 0. The Morgan fingerprint density at radius 3 is 2.81 bits per heavy atom. The van der Waals surface area contributed by atoms with Gasteiger partial charge in [-0.25, -0.2) is 4.98 Å². The average molecular weight is 310 g/mol. The molecular weight excluding hydrogens is 284 g/mol.